The molecule has 2 aromatic carbocycles. The third-order valence-corrected chi connectivity index (χ3v) is 4.62. The van der Waals surface area contributed by atoms with Crippen molar-refractivity contribution in [2.24, 2.45) is 0 Å². The van der Waals surface area contributed by atoms with E-state index in [-0.39, 0.29) is 24.2 Å². The first-order valence-electron chi connectivity index (χ1n) is 8.21. The average molecular weight is 358 g/mol. The molecule has 25 heavy (non-hydrogen) atoms. The summed E-state index contributed by atoms with van der Waals surface area (Å²) >= 11 is 0. The lowest BCUT2D eigenvalue weighted by Crippen LogP contribution is -2.24. The summed E-state index contributed by atoms with van der Waals surface area (Å²) in [6.45, 7) is 2.33. The van der Waals surface area contributed by atoms with E-state index in [1.807, 2.05) is 12.1 Å². The van der Waals surface area contributed by atoms with Crippen LogP contribution in [0.2, 0.25) is 0 Å². The highest BCUT2D eigenvalue weighted by atomic mass is 35.5. The van der Waals surface area contributed by atoms with Gasteiger partial charge >= 0.3 is 0 Å². The molecule has 0 fully saturated rings. The first-order valence-corrected chi connectivity index (χ1v) is 8.21. The van der Waals surface area contributed by atoms with Gasteiger partial charge in [-0.2, -0.15) is 0 Å². The van der Waals surface area contributed by atoms with Gasteiger partial charge in [-0.3, -0.25) is 9.59 Å². The Bertz CT molecular complexity index is 835. The van der Waals surface area contributed by atoms with E-state index >= 15 is 0 Å². The lowest BCUT2D eigenvalue weighted by Gasteiger charge is -2.17. The number of hydrogen-bond acceptors (Lipinski definition) is 3. The standard InChI is InChI=1S/C19H19N3O2.ClH/c23-18-6-4-13-8-14(3-5-17(13)22-18)19(24)21-9-12-1-2-15-10-20-11-16(15)7-12;/h1-3,5,7-8,20H,4,6,9-11H2,(H,21,24)(H,22,23);1H. The lowest BCUT2D eigenvalue weighted by molar-refractivity contribution is -0.116. The normalized spacial score (nSPS) is 14.8. The highest BCUT2D eigenvalue weighted by Crippen LogP contribution is 2.23. The van der Waals surface area contributed by atoms with Crippen molar-refractivity contribution >= 4 is 29.9 Å². The van der Waals surface area contributed by atoms with Gasteiger partial charge in [-0.15, -0.1) is 12.4 Å². The Kier molecular flexibility index (Phi) is 5.06. The van der Waals surface area contributed by atoms with Crippen LogP contribution in [0.4, 0.5) is 5.69 Å². The molecule has 4 rings (SSSR count). The lowest BCUT2D eigenvalue weighted by atomic mass is 10.00. The van der Waals surface area contributed by atoms with E-state index in [9.17, 15) is 9.59 Å². The number of benzene rings is 2. The number of anilines is 1. The number of aryl methyl sites for hydroxylation is 1. The van der Waals surface area contributed by atoms with Crippen molar-refractivity contribution in [1.82, 2.24) is 10.6 Å². The van der Waals surface area contributed by atoms with Gasteiger partial charge in [0.05, 0.1) is 0 Å². The first-order chi connectivity index (χ1) is 11.7. The van der Waals surface area contributed by atoms with Gasteiger partial charge in [-0.25, -0.2) is 0 Å². The molecular weight excluding hydrogens is 338 g/mol. The Morgan fingerprint density at radius 3 is 2.72 bits per heavy atom. The number of carbonyl (C=O) groups excluding carboxylic acids is 2. The van der Waals surface area contributed by atoms with Gasteiger partial charge in [0.2, 0.25) is 5.91 Å². The summed E-state index contributed by atoms with van der Waals surface area (Å²) in [5, 5.41) is 9.13. The maximum atomic E-state index is 12.4. The van der Waals surface area contributed by atoms with Crippen LogP contribution in [0.25, 0.3) is 0 Å². The van der Waals surface area contributed by atoms with E-state index in [2.05, 4.69) is 34.1 Å². The Balaban J connectivity index is 0.00000182. The highest BCUT2D eigenvalue weighted by Gasteiger charge is 2.17. The molecule has 0 atom stereocenters. The fourth-order valence-corrected chi connectivity index (χ4v) is 3.27. The van der Waals surface area contributed by atoms with Crippen LogP contribution in [-0.4, -0.2) is 11.8 Å². The van der Waals surface area contributed by atoms with Crippen LogP contribution in [-0.2, 0) is 30.8 Å². The molecule has 130 valence electrons. The molecule has 6 heteroatoms. The predicted molar refractivity (Wildman–Crippen MR) is 98.8 cm³/mol. The van der Waals surface area contributed by atoms with Crippen molar-refractivity contribution in [3.8, 4) is 0 Å². The number of halogens is 1. The zero-order chi connectivity index (χ0) is 16.5. The third-order valence-electron chi connectivity index (χ3n) is 4.62. The van der Waals surface area contributed by atoms with E-state index in [4.69, 9.17) is 0 Å². The first kappa shape index (κ1) is 17.5. The number of amides is 2. The Morgan fingerprint density at radius 1 is 1.00 bits per heavy atom. The summed E-state index contributed by atoms with van der Waals surface area (Å²) in [6.07, 6.45) is 1.15. The monoisotopic (exact) mass is 357 g/mol. The summed E-state index contributed by atoms with van der Waals surface area (Å²) in [5.74, 6) is -0.0564. The number of carbonyl (C=O) groups is 2. The van der Waals surface area contributed by atoms with Crippen molar-refractivity contribution in [1.29, 1.82) is 0 Å². The molecule has 5 nitrogen and oxygen atoms in total. The van der Waals surface area contributed by atoms with Crippen LogP contribution in [0, 0.1) is 0 Å². The molecule has 0 radical (unpaired) electrons. The van der Waals surface area contributed by atoms with E-state index < -0.39 is 0 Å². The number of fused-ring (bicyclic) bond motifs is 2. The van der Waals surface area contributed by atoms with Crippen molar-refractivity contribution in [3.63, 3.8) is 0 Å². The van der Waals surface area contributed by atoms with Gasteiger partial charge in [-0.05, 0) is 46.9 Å². The van der Waals surface area contributed by atoms with Crippen LogP contribution in [0.5, 0.6) is 0 Å². The molecule has 0 spiro atoms. The third kappa shape index (κ3) is 3.67. The fraction of sp³-hybridized carbons (Fsp3) is 0.263. The molecule has 0 aromatic heterocycles. The van der Waals surface area contributed by atoms with Gasteiger partial charge in [0, 0.05) is 37.3 Å². The van der Waals surface area contributed by atoms with Crippen molar-refractivity contribution in [2.75, 3.05) is 5.32 Å². The van der Waals surface area contributed by atoms with Crippen LogP contribution in [0.3, 0.4) is 0 Å². The smallest absolute Gasteiger partial charge is 0.251 e. The maximum Gasteiger partial charge on any atom is 0.251 e. The largest absolute Gasteiger partial charge is 0.348 e. The van der Waals surface area contributed by atoms with Crippen molar-refractivity contribution in [2.45, 2.75) is 32.5 Å². The number of nitrogens with one attached hydrogen (secondary N) is 3. The Morgan fingerprint density at radius 2 is 1.84 bits per heavy atom. The summed E-state index contributed by atoms with van der Waals surface area (Å²) in [4.78, 5) is 23.8. The van der Waals surface area contributed by atoms with Gasteiger partial charge < -0.3 is 16.0 Å². The molecular formula is C19H20ClN3O2. The minimum Gasteiger partial charge on any atom is -0.348 e. The molecule has 2 aromatic rings. The molecule has 2 aliphatic heterocycles. The second kappa shape index (κ2) is 7.25. The zero-order valence-electron chi connectivity index (χ0n) is 13.7. The quantitative estimate of drug-likeness (QED) is 0.790. The Labute approximate surface area is 152 Å². The second-order valence-corrected chi connectivity index (χ2v) is 6.31. The summed E-state index contributed by atoms with van der Waals surface area (Å²) in [7, 11) is 0. The minimum atomic E-state index is -0.0895. The van der Waals surface area contributed by atoms with Gasteiger partial charge in [-0.1, -0.05) is 18.2 Å². The molecule has 0 saturated heterocycles. The zero-order valence-corrected chi connectivity index (χ0v) is 14.5. The Hall–Kier alpha value is -2.37. The molecule has 0 saturated carbocycles. The van der Waals surface area contributed by atoms with Gasteiger partial charge in [0.1, 0.15) is 0 Å². The molecule has 3 N–H and O–H groups in total. The van der Waals surface area contributed by atoms with E-state index in [0.29, 0.717) is 24.9 Å². The summed E-state index contributed by atoms with van der Waals surface area (Å²) < 4.78 is 0. The maximum absolute atomic E-state index is 12.4. The fourth-order valence-electron chi connectivity index (χ4n) is 3.27. The van der Waals surface area contributed by atoms with Gasteiger partial charge in [0.25, 0.3) is 5.91 Å². The van der Waals surface area contributed by atoms with E-state index in [0.717, 1.165) is 29.9 Å². The number of hydrogen-bond donors (Lipinski definition) is 3. The molecule has 0 aliphatic carbocycles. The average Bonchev–Trinajstić information content (AvgIpc) is 3.07. The molecule has 2 aliphatic rings. The van der Waals surface area contributed by atoms with E-state index in [1.165, 1.54) is 11.1 Å². The van der Waals surface area contributed by atoms with Gasteiger partial charge in [0.15, 0.2) is 0 Å². The van der Waals surface area contributed by atoms with Crippen LogP contribution >= 0.6 is 12.4 Å². The van der Waals surface area contributed by atoms with Crippen molar-refractivity contribution < 1.29 is 9.59 Å². The van der Waals surface area contributed by atoms with E-state index in [1.54, 1.807) is 6.07 Å². The second-order valence-electron chi connectivity index (χ2n) is 6.31. The number of rotatable bonds is 3. The van der Waals surface area contributed by atoms with Crippen LogP contribution in [0.1, 0.15) is 39.0 Å². The van der Waals surface area contributed by atoms with Crippen molar-refractivity contribution in [3.05, 3.63) is 64.2 Å². The SMILES string of the molecule is Cl.O=C1CCc2cc(C(=O)NCc3ccc4c(c3)CNC4)ccc2N1. The molecule has 2 heterocycles. The predicted octanol–water partition coefficient (Wildman–Crippen LogP) is 2.53. The summed E-state index contributed by atoms with van der Waals surface area (Å²) in [5.41, 5.74) is 6.22. The van der Waals surface area contributed by atoms with Crippen LogP contribution < -0.4 is 16.0 Å². The molecule has 0 unspecified atom stereocenters. The van der Waals surface area contributed by atoms with Crippen LogP contribution in [0.15, 0.2) is 36.4 Å². The summed E-state index contributed by atoms with van der Waals surface area (Å²) in [6, 6.07) is 11.8. The molecule has 2 amide bonds. The topological polar surface area (TPSA) is 70.2 Å². The molecule has 0 bridgehead atoms. The highest BCUT2D eigenvalue weighted by molar-refractivity contribution is 5.97. The minimum absolute atomic E-state index is 0.